The third-order valence-electron chi connectivity index (χ3n) is 2.64. The van der Waals surface area contributed by atoms with Gasteiger partial charge in [-0.2, -0.15) is 0 Å². The summed E-state index contributed by atoms with van der Waals surface area (Å²) in [6.45, 7) is 8.34. The van der Waals surface area contributed by atoms with E-state index in [0.29, 0.717) is 6.61 Å². The fourth-order valence-corrected chi connectivity index (χ4v) is 1.65. The minimum absolute atomic E-state index is 0.200. The molecule has 0 radical (unpaired) electrons. The second-order valence-corrected chi connectivity index (χ2v) is 4.30. The largest absolute Gasteiger partial charge is 0.464 e. The highest BCUT2D eigenvalue weighted by Crippen LogP contribution is 2.20. The Morgan fingerprint density at radius 1 is 1.35 bits per heavy atom. The predicted octanol–water partition coefficient (Wildman–Crippen LogP) is 3.06. The Balaban J connectivity index is 2.67. The highest BCUT2D eigenvalue weighted by molar-refractivity contribution is 5.79. The van der Waals surface area contributed by atoms with Crippen molar-refractivity contribution in [1.82, 2.24) is 0 Å². The van der Waals surface area contributed by atoms with Gasteiger partial charge in [-0.05, 0) is 38.3 Å². The van der Waals surface area contributed by atoms with Gasteiger partial charge in [0.05, 0.1) is 6.61 Å². The fourth-order valence-electron chi connectivity index (χ4n) is 1.65. The van der Waals surface area contributed by atoms with Crippen LogP contribution in [0.3, 0.4) is 0 Å². The van der Waals surface area contributed by atoms with Gasteiger partial charge in [0.15, 0.2) is 0 Å². The summed E-state index contributed by atoms with van der Waals surface area (Å²) in [5, 5.41) is 3.21. The number of carbonyl (C=O) groups is 1. The minimum atomic E-state index is -0.318. The molecule has 1 aromatic carbocycles. The number of hydrogen-bond acceptors (Lipinski definition) is 3. The molecular formula is C14H21NO2. The molecule has 0 amide bonds. The second kappa shape index (κ2) is 6.28. The Labute approximate surface area is 103 Å². The third-order valence-corrected chi connectivity index (χ3v) is 2.64. The molecule has 0 saturated heterocycles. The van der Waals surface area contributed by atoms with Crippen molar-refractivity contribution in [3.63, 3.8) is 0 Å². The summed E-state index contributed by atoms with van der Waals surface area (Å²) < 4.78 is 5.10. The van der Waals surface area contributed by atoms with E-state index in [1.165, 1.54) is 0 Å². The van der Waals surface area contributed by atoms with Gasteiger partial charge >= 0.3 is 5.97 Å². The molecule has 0 aliphatic rings. The van der Waals surface area contributed by atoms with E-state index in [1.807, 2.05) is 45.9 Å². The van der Waals surface area contributed by atoms with Crippen LogP contribution in [0.5, 0.6) is 0 Å². The Morgan fingerprint density at radius 3 is 2.47 bits per heavy atom. The van der Waals surface area contributed by atoms with Gasteiger partial charge < -0.3 is 10.1 Å². The first-order valence-electron chi connectivity index (χ1n) is 6.05. The molecule has 0 spiro atoms. The van der Waals surface area contributed by atoms with Crippen molar-refractivity contribution < 1.29 is 9.53 Å². The molecule has 1 atom stereocenters. The molecule has 1 unspecified atom stereocenters. The second-order valence-electron chi connectivity index (χ2n) is 4.30. The van der Waals surface area contributed by atoms with Gasteiger partial charge in [0.2, 0.25) is 0 Å². The van der Waals surface area contributed by atoms with Gasteiger partial charge in [-0.3, -0.25) is 0 Å². The lowest BCUT2D eigenvalue weighted by Crippen LogP contribution is -2.29. The average Bonchev–Trinajstić information content (AvgIpc) is 2.30. The summed E-state index contributed by atoms with van der Waals surface area (Å²) in [7, 11) is 0. The van der Waals surface area contributed by atoms with Crippen LogP contribution in [0, 0.1) is 13.8 Å². The molecule has 3 nitrogen and oxygen atoms in total. The molecular weight excluding hydrogens is 214 g/mol. The number of nitrogens with one attached hydrogen (secondary N) is 1. The van der Waals surface area contributed by atoms with Crippen LogP contribution in [-0.2, 0) is 9.53 Å². The lowest BCUT2D eigenvalue weighted by Gasteiger charge is -2.17. The molecule has 1 N–H and O–H groups in total. The van der Waals surface area contributed by atoms with Crippen LogP contribution >= 0.6 is 0 Å². The molecule has 1 rings (SSSR count). The van der Waals surface area contributed by atoms with Gasteiger partial charge in [-0.1, -0.05) is 25.1 Å². The van der Waals surface area contributed by atoms with E-state index in [2.05, 4.69) is 5.32 Å². The van der Waals surface area contributed by atoms with Crippen LogP contribution in [0.1, 0.15) is 31.4 Å². The highest BCUT2D eigenvalue weighted by atomic mass is 16.5. The van der Waals surface area contributed by atoms with Gasteiger partial charge in [0, 0.05) is 5.69 Å². The zero-order valence-corrected chi connectivity index (χ0v) is 11.0. The maximum absolute atomic E-state index is 11.6. The molecule has 94 valence electrons. The van der Waals surface area contributed by atoms with Crippen molar-refractivity contribution in [2.24, 2.45) is 0 Å². The molecule has 1 aromatic rings. The number of anilines is 1. The van der Waals surface area contributed by atoms with E-state index in [4.69, 9.17) is 4.74 Å². The summed E-state index contributed by atoms with van der Waals surface area (Å²) in [5.74, 6) is -0.200. The van der Waals surface area contributed by atoms with Crippen molar-refractivity contribution in [2.45, 2.75) is 40.2 Å². The van der Waals surface area contributed by atoms with Gasteiger partial charge in [-0.15, -0.1) is 0 Å². The summed E-state index contributed by atoms with van der Waals surface area (Å²) in [6, 6.07) is 5.75. The van der Waals surface area contributed by atoms with Crippen LogP contribution in [0.4, 0.5) is 5.69 Å². The lowest BCUT2D eigenvalue weighted by molar-refractivity contribution is -0.144. The Morgan fingerprint density at radius 2 is 1.94 bits per heavy atom. The Hall–Kier alpha value is -1.51. The van der Waals surface area contributed by atoms with Crippen molar-refractivity contribution >= 4 is 11.7 Å². The first-order valence-corrected chi connectivity index (χ1v) is 6.05. The van der Waals surface area contributed by atoms with Crippen LogP contribution in [0.2, 0.25) is 0 Å². The predicted molar refractivity (Wildman–Crippen MR) is 70.3 cm³/mol. The summed E-state index contributed by atoms with van der Waals surface area (Å²) in [6.07, 6.45) is 0.849. The fraction of sp³-hybridized carbons (Fsp3) is 0.500. The summed E-state index contributed by atoms with van der Waals surface area (Å²) in [5.41, 5.74) is 3.30. The van der Waals surface area contributed by atoms with Gasteiger partial charge in [0.1, 0.15) is 6.04 Å². The minimum Gasteiger partial charge on any atom is -0.464 e. The molecule has 0 bridgehead atoms. The van der Waals surface area contributed by atoms with E-state index in [-0.39, 0.29) is 12.0 Å². The first kappa shape index (κ1) is 13.6. The number of aryl methyl sites for hydroxylation is 2. The van der Waals surface area contributed by atoms with Crippen LogP contribution in [0.15, 0.2) is 18.2 Å². The number of rotatable bonds is 5. The maximum atomic E-state index is 11.6. The Bertz CT molecular complexity index is 368. The summed E-state index contributed by atoms with van der Waals surface area (Å²) in [4.78, 5) is 11.6. The maximum Gasteiger partial charge on any atom is 0.328 e. The average molecular weight is 235 g/mol. The molecule has 0 heterocycles. The number of para-hydroxylation sites is 1. The number of esters is 1. The first-order chi connectivity index (χ1) is 8.06. The van der Waals surface area contributed by atoms with Crippen molar-refractivity contribution in [2.75, 3.05) is 11.9 Å². The summed E-state index contributed by atoms with van der Waals surface area (Å²) >= 11 is 0. The van der Waals surface area contributed by atoms with Gasteiger partial charge in [0.25, 0.3) is 0 Å². The molecule has 0 aliphatic carbocycles. The zero-order valence-electron chi connectivity index (χ0n) is 11.0. The highest BCUT2D eigenvalue weighted by Gasteiger charge is 2.15. The number of hydrogen-bond donors (Lipinski definition) is 1. The van der Waals surface area contributed by atoms with E-state index >= 15 is 0 Å². The molecule has 0 saturated carbocycles. The number of benzene rings is 1. The van der Waals surface area contributed by atoms with E-state index < -0.39 is 0 Å². The molecule has 0 aromatic heterocycles. The van der Waals surface area contributed by atoms with Crippen LogP contribution < -0.4 is 5.32 Å². The van der Waals surface area contributed by atoms with Gasteiger partial charge in [-0.25, -0.2) is 4.79 Å². The standard InChI is InChI=1S/C14H21NO2/c1-5-9-17-14(16)12(4)15-13-10(2)7-6-8-11(13)3/h6-8,12,15H,5,9H2,1-4H3. The van der Waals surface area contributed by atoms with Crippen molar-refractivity contribution in [3.05, 3.63) is 29.3 Å². The molecule has 0 fully saturated rings. The molecule has 17 heavy (non-hydrogen) atoms. The topological polar surface area (TPSA) is 38.3 Å². The third kappa shape index (κ3) is 3.77. The van der Waals surface area contributed by atoms with E-state index in [9.17, 15) is 4.79 Å². The SMILES string of the molecule is CCCOC(=O)C(C)Nc1c(C)cccc1C. The number of carbonyl (C=O) groups excluding carboxylic acids is 1. The lowest BCUT2D eigenvalue weighted by atomic mass is 10.1. The molecule has 3 heteroatoms. The van der Waals surface area contributed by atoms with Crippen LogP contribution in [-0.4, -0.2) is 18.6 Å². The quantitative estimate of drug-likeness (QED) is 0.797. The Kier molecular flexibility index (Phi) is 5.01. The van der Waals surface area contributed by atoms with E-state index in [0.717, 1.165) is 23.2 Å². The van der Waals surface area contributed by atoms with Crippen molar-refractivity contribution in [1.29, 1.82) is 0 Å². The zero-order chi connectivity index (χ0) is 12.8. The van der Waals surface area contributed by atoms with Crippen LogP contribution in [0.25, 0.3) is 0 Å². The van der Waals surface area contributed by atoms with Crippen molar-refractivity contribution in [3.8, 4) is 0 Å². The smallest absolute Gasteiger partial charge is 0.328 e. The normalized spacial score (nSPS) is 12.0. The number of ether oxygens (including phenoxy) is 1. The molecule has 0 aliphatic heterocycles. The van der Waals surface area contributed by atoms with E-state index in [1.54, 1.807) is 0 Å². The monoisotopic (exact) mass is 235 g/mol.